The van der Waals surface area contributed by atoms with Gasteiger partial charge in [0.2, 0.25) is 0 Å². The van der Waals surface area contributed by atoms with E-state index in [-0.39, 0.29) is 6.01 Å². The van der Waals surface area contributed by atoms with Gasteiger partial charge in [0.15, 0.2) is 10.9 Å². The summed E-state index contributed by atoms with van der Waals surface area (Å²) in [5.74, 6) is 0.868. The molecule has 22 heavy (non-hydrogen) atoms. The molecule has 110 valence electrons. The highest BCUT2D eigenvalue weighted by atomic mass is 32.2. The summed E-state index contributed by atoms with van der Waals surface area (Å²) in [4.78, 5) is 5.71. The fraction of sp³-hybridized carbons (Fsp3) is 0.0714. The van der Waals surface area contributed by atoms with Crippen molar-refractivity contribution in [1.29, 1.82) is 0 Å². The molecule has 0 aliphatic carbocycles. The maximum absolute atomic E-state index is 5.51. The second-order valence-corrected chi connectivity index (χ2v) is 6.28. The van der Waals surface area contributed by atoms with Gasteiger partial charge in [0.05, 0.1) is 16.5 Å². The Morgan fingerprint density at radius 1 is 1.23 bits per heavy atom. The van der Waals surface area contributed by atoms with Crippen molar-refractivity contribution in [2.45, 2.75) is 4.90 Å². The molecule has 4 rings (SSSR count). The monoisotopic (exact) mass is 330 g/mol. The lowest BCUT2D eigenvalue weighted by Gasteiger charge is -1.92. The number of anilines is 2. The Hall–Kier alpha value is -2.32. The third-order valence-electron chi connectivity index (χ3n) is 2.97. The average molecular weight is 330 g/mol. The van der Waals surface area contributed by atoms with Gasteiger partial charge in [-0.25, -0.2) is 4.98 Å². The van der Waals surface area contributed by atoms with E-state index in [4.69, 9.17) is 8.83 Å². The number of nitrogens with one attached hydrogen (secondary N) is 1. The Labute approximate surface area is 133 Å². The van der Waals surface area contributed by atoms with Crippen LogP contribution in [0.15, 0.2) is 50.3 Å². The van der Waals surface area contributed by atoms with Crippen LogP contribution in [0.2, 0.25) is 0 Å². The lowest BCUT2D eigenvalue weighted by Crippen LogP contribution is -1.88. The molecule has 1 aromatic carbocycles. The summed E-state index contributed by atoms with van der Waals surface area (Å²) in [7, 11) is 0. The molecule has 0 unspecified atom stereocenters. The van der Waals surface area contributed by atoms with Gasteiger partial charge in [-0.2, -0.15) is 0 Å². The van der Waals surface area contributed by atoms with E-state index in [0.29, 0.717) is 16.8 Å². The first-order valence-corrected chi connectivity index (χ1v) is 8.45. The molecule has 8 heteroatoms. The molecule has 0 aliphatic heterocycles. The van der Waals surface area contributed by atoms with E-state index in [0.717, 1.165) is 10.2 Å². The predicted molar refractivity (Wildman–Crippen MR) is 86.7 cm³/mol. The molecule has 3 heterocycles. The zero-order valence-corrected chi connectivity index (χ0v) is 13.1. The van der Waals surface area contributed by atoms with Crippen LogP contribution in [0.4, 0.5) is 11.1 Å². The van der Waals surface area contributed by atoms with E-state index < -0.39 is 0 Å². The fourth-order valence-corrected chi connectivity index (χ4v) is 3.36. The van der Waals surface area contributed by atoms with Crippen LogP contribution >= 0.6 is 23.1 Å². The zero-order valence-electron chi connectivity index (χ0n) is 11.4. The summed E-state index contributed by atoms with van der Waals surface area (Å²) in [5.41, 5.74) is 0.941. The van der Waals surface area contributed by atoms with Gasteiger partial charge in [-0.1, -0.05) is 16.4 Å². The van der Waals surface area contributed by atoms with Gasteiger partial charge in [-0.15, -0.1) is 16.9 Å². The molecule has 0 saturated heterocycles. The van der Waals surface area contributed by atoms with E-state index in [9.17, 15) is 0 Å². The fourth-order valence-electron chi connectivity index (χ4n) is 1.95. The van der Waals surface area contributed by atoms with E-state index in [1.165, 1.54) is 4.90 Å². The molecule has 0 spiro atoms. The molecule has 0 radical (unpaired) electrons. The molecule has 0 atom stereocenters. The van der Waals surface area contributed by atoms with Crippen molar-refractivity contribution < 1.29 is 8.83 Å². The second-order valence-electron chi connectivity index (χ2n) is 4.37. The standard InChI is InChI=1S/C14H10N4O2S2/c1-21-8-4-5-9-11(7-8)22-14(15-9)16-13-18-17-12(20-13)10-3-2-6-19-10/h2-7H,1H3,(H,15,16,18). The largest absolute Gasteiger partial charge is 0.459 e. The number of thioether (sulfide) groups is 1. The molecule has 6 nitrogen and oxygen atoms in total. The summed E-state index contributed by atoms with van der Waals surface area (Å²) in [5, 5.41) is 11.6. The van der Waals surface area contributed by atoms with Crippen LogP contribution in [0.3, 0.4) is 0 Å². The van der Waals surface area contributed by atoms with Crippen LogP contribution in [-0.4, -0.2) is 21.4 Å². The number of hydrogen-bond acceptors (Lipinski definition) is 8. The van der Waals surface area contributed by atoms with Crippen LogP contribution in [0.5, 0.6) is 0 Å². The number of rotatable bonds is 4. The molecule has 1 N–H and O–H groups in total. The summed E-state index contributed by atoms with van der Waals surface area (Å²) in [6.07, 6.45) is 3.61. The molecule has 0 fully saturated rings. The van der Waals surface area contributed by atoms with Crippen molar-refractivity contribution >= 4 is 44.5 Å². The first-order valence-electron chi connectivity index (χ1n) is 6.41. The molecule has 4 aromatic rings. The van der Waals surface area contributed by atoms with Gasteiger partial charge in [0.25, 0.3) is 5.89 Å². The zero-order chi connectivity index (χ0) is 14.9. The minimum atomic E-state index is 0.288. The minimum Gasteiger partial charge on any atom is -0.459 e. The smallest absolute Gasteiger partial charge is 0.322 e. The van der Waals surface area contributed by atoms with Crippen LogP contribution < -0.4 is 5.32 Å². The number of nitrogens with zero attached hydrogens (tertiary/aromatic N) is 3. The Morgan fingerprint density at radius 3 is 3.00 bits per heavy atom. The molecular formula is C14H10N4O2S2. The number of benzene rings is 1. The lowest BCUT2D eigenvalue weighted by molar-refractivity contribution is 0.524. The maximum Gasteiger partial charge on any atom is 0.322 e. The first kappa shape index (κ1) is 13.4. The summed E-state index contributed by atoms with van der Waals surface area (Å²) >= 11 is 3.25. The summed E-state index contributed by atoms with van der Waals surface area (Å²) < 4.78 is 11.8. The van der Waals surface area contributed by atoms with E-state index in [2.05, 4.69) is 38.9 Å². The molecular weight excluding hydrogens is 320 g/mol. The van der Waals surface area contributed by atoms with Crippen molar-refractivity contribution in [1.82, 2.24) is 15.2 Å². The Kier molecular flexibility index (Phi) is 3.32. The van der Waals surface area contributed by atoms with Crippen LogP contribution in [0.25, 0.3) is 21.9 Å². The topological polar surface area (TPSA) is 77.0 Å². The predicted octanol–water partition coefficient (Wildman–Crippen LogP) is 4.40. The van der Waals surface area contributed by atoms with E-state index in [1.54, 1.807) is 41.5 Å². The Bertz CT molecular complexity index is 914. The number of fused-ring (bicyclic) bond motifs is 1. The van der Waals surface area contributed by atoms with Crippen molar-refractivity contribution in [3.63, 3.8) is 0 Å². The molecule has 0 aliphatic rings. The second kappa shape index (κ2) is 5.47. The number of furan rings is 1. The number of thiazole rings is 1. The maximum atomic E-state index is 5.51. The molecule has 0 saturated carbocycles. The highest BCUT2D eigenvalue weighted by molar-refractivity contribution is 7.98. The molecule has 0 amide bonds. The van der Waals surface area contributed by atoms with Gasteiger partial charge in [-0.05, 0) is 36.6 Å². The third-order valence-corrected chi connectivity index (χ3v) is 4.63. The van der Waals surface area contributed by atoms with Gasteiger partial charge in [0, 0.05) is 4.90 Å². The van der Waals surface area contributed by atoms with E-state index in [1.807, 2.05) is 6.07 Å². The van der Waals surface area contributed by atoms with Crippen molar-refractivity contribution in [2.24, 2.45) is 0 Å². The van der Waals surface area contributed by atoms with Crippen molar-refractivity contribution in [3.05, 3.63) is 36.6 Å². The number of aromatic nitrogens is 3. The van der Waals surface area contributed by atoms with Gasteiger partial charge in [-0.3, -0.25) is 5.32 Å². The Morgan fingerprint density at radius 2 is 2.18 bits per heavy atom. The highest BCUT2D eigenvalue weighted by Crippen LogP contribution is 2.31. The van der Waals surface area contributed by atoms with Crippen LogP contribution in [0.1, 0.15) is 0 Å². The molecule has 3 aromatic heterocycles. The van der Waals surface area contributed by atoms with Crippen molar-refractivity contribution in [3.8, 4) is 11.7 Å². The quantitative estimate of drug-likeness (QED) is 0.555. The van der Waals surface area contributed by atoms with Gasteiger partial charge < -0.3 is 8.83 Å². The summed E-state index contributed by atoms with van der Waals surface area (Å²) in [6, 6.07) is 9.99. The van der Waals surface area contributed by atoms with E-state index >= 15 is 0 Å². The minimum absolute atomic E-state index is 0.288. The molecule has 0 bridgehead atoms. The van der Waals surface area contributed by atoms with Crippen LogP contribution in [0, 0.1) is 0 Å². The Balaban J connectivity index is 1.60. The summed E-state index contributed by atoms with van der Waals surface area (Å²) in [6.45, 7) is 0. The van der Waals surface area contributed by atoms with Crippen LogP contribution in [-0.2, 0) is 0 Å². The first-order chi connectivity index (χ1) is 10.8. The highest BCUT2D eigenvalue weighted by Gasteiger charge is 2.12. The van der Waals surface area contributed by atoms with Gasteiger partial charge in [0.1, 0.15) is 0 Å². The van der Waals surface area contributed by atoms with Gasteiger partial charge >= 0.3 is 6.01 Å². The number of hydrogen-bond donors (Lipinski definition) is 1. The average Bonchev–Trinajstić information content (AvgIpc) is 3.26. The SMILES string of the molecule is CSc1ccc2nc(Nc3nnc(-c4ccco4)o3)sc2c1. The third kappa shape index (κ3) is 2.46. The van der Waals surface area contributed by atoms with Crippen molar-refractivity contribution in [2.75, 3.05) is 11.6 Å². The normalized spacial score (nSPS) is 11.1. The lowest BCUT2D eigenvalue weighted by atomic mass is 10.3.